The molecule has 2 heterocycles. The molecule has 0 saturated carbocycles. The van der Waals surface area contributed by atoms with Crippen LogP contribution >= 0.6 is 0 Å². The highest BCUT2D eigenvalue weighted by Crippen LogP contribution is 2.33. The van der Waals surface area contributed by atoms with Crippen LogP contribution in [0.5, 0.6) is 0 Å². The van der Waals surface area contributed by atoms with Crippen LogP contribution in [-0.2, 0) is 14.2 Å². The first-order valence-electron chi connectivity index (χ1n) is 6.81. The van der Waals surface area contributed by atoms with Crippen LogP contribution in [-0.4, -0.2) is 36.7 Å². The number of unbranched alkanes of at least 4 members (excludes halogenated alkanes) is 2. The largest absolute Gasteiger partial charge is 0.447 e. The van der Waals surface area contributed by atoms with Crippen molar-refractivity contribution in [2.45, 2.75) is 70.5 Å². The summed E-state index contributed by atoms with van der Waals surface area (Å²) < 4.78 is 16.8. The highest BCUT2D eigenvalue weighted by atomic mass is 16.8. The third-order valence-electron chi connectivity index (χ3n) is 3.41. The van der Waals surface area contributed by atoms with Gasteiger partial charge < -0.3 is 19.5 Å². The fourth-order valence-electron chi connectivity index (χ4n) is 2.60. The zero-order valence-electron chi connectivity index (χ0n) is 11.4. The molecule has 3 atom stereocenters. The first kappa shape index (κ1) is 13.6. The van der Waals surface area contributed by atoms with E-state index in [2.05, 4.69) is 12.2 Å². The van der Waals surface area contributed by atoms with Gasteiger partial charge in [-0.2, -0.15) is 0 Å². The summed E-state index contributed by atoms with van der Waals surface area (Å²) in [5.41, 5.74) is 0. The summed E-state index contributed by atoms with van der Waals surface area (Å²) in [6.45, 7) is 6.38. The van der Waals surface area contributed by atoms with Crippen molar-refractivity contribution in [2.24, 2.45) is 0 Å². The van der Waals surface area contributed by atoms with Crippen LogP contribution in [0.3, 0.4) is 0 Å². The van der Waals surface area contributed by atoms with Crippen molar-refractivity contribution in [3.8, 4) is 0 Å². The lowest BCUT2D eigenvalue weighted by molar-refractivity contribution is -0.148. The van der Waals surface area contributed by atoms with Crippen molar-refractivity contribution < 1.29 is 19.0 Å². The van der Waals surface area contributed by atoms with Gasteiger partial charge in [0.1, 0.15) is 12.7 Å². The smallest absolute Gasteiger partial charge is 0.407 e. The Hall–Kier alpha value is -0.810. The molecule has 2 rings (SSSR count). The van der Waals surface area contributed by atoms with Crippen molar-refractivity contribution in [1.82, 2.24) is 5.32 Å². The SMILES string of the molecule is CCCCC[C@H]1OC(C)(C)O[C@H]1[C@@H]1COC(=O)N1. The zero-order valence-corrected chi connectivity index (χ0v) is 11.4. The highest BCUT2D eigenvalue weighted by molar-refractivity contribution is 5.69. The molecule has 2 aliphatic rings. The van der Waals surface area contributed by atoms with Gasteiger partial charge in [-0.15, -0.1) is 0 Å². The Morgan fingerprint density at radius 3 is 2.72 bits per heavy atom. The second kappa shape index (κ2) is 5.45. The predicted octanol–water partition coefficient (Wildman–Crippen LogP) is 2.20. The van der Waals surface area contributed by atoms with E-state index in [0.29, 0.717) is 6.61 Å². The van der Waals surface area contributed by atoms with Gasteiger partial charge in [-0.1, -0.05) is 26.2 Å². The van der Waals surface area contributed by atoms with Crippen molar-refractivity contribution >= 4 is 6.09 Å². The van der Waals surface area contributed by atoms with Crippen molar-refractivity contribution in [1.29, 1.82) is 0 Å². The number of ether oxygens (including phenoxy) is 3. The summed E-state index contributed by atoms with van der Waals surface area (Å²) in [5.74, 6) is -0.575. The molecule has 5 nitrogen and oxygen atoms in total. The van der Waals surface area contributed by atoms with Gasteiger partial charge in [0.15, 0.2) is 5.79 Å². The lowest BCUT2D eigenvalue weighted by atomic mass is 10.0. The summed E-state index contributed by atoms with van der Waals surface area (Å²) in [5, 5.41) is 2.79. The normalized spacial score (nSPS) is 34.4. The van der Waals surface area contributed by atoms with Gasteiger partial charge in [-0.25, -0.2) is 4.79 Å². The van der Waals surface area contributed by atoms with Crippen molar-refractivity contribution in [2.75, 3.05) is 6.61 Å². The molecule has 0 aromatic heterocycles. The second-order valence-electron chi connectivity index (χ2n) is 5.48. The van der Waals surface area contributed by atoms with Crippen molar-refractivity contribution in [3.05, 3.63) is 0 Å². The standard InChI is InChI=1S/C13H23NO4/c1-4-5-6-7-10-11(18-13(2,3)17-10)9-8-16-12(15)14-9/h9-11H,4-8H2,1-3H3,(H,14,15)/t9-,10+,11-/m0/s1. The predicted molar refractivity (Wildman–Crippen MR) is 66.2 cm³/mol. The topological polar surface area (TPSA) is 56.8 Å². The van der Waals surface area contributed by atoms with Crippen LogP contribution in [0.25, 0.3) is 0 Å². The number of alkyl carbamates (subject to hydrolysis) is 1. The molecule has 0 bridgehead atoms. The average molecular weight is 257 g/mol. The third-order valence-corrected chi connectivity index (χ3v) is 3.41. The summed E-state index contributed by atoms with van der Waals surface area (Å²) in [7, 11) is 0. The van der Waals surface area contributed by atoms with Gasteiger partial charge in [-0.3, -0.25) is 0 Å². The van der Waals surface area contributed by atoms with Crippen LogP contribution < -0.4 is 5.32 Å². The molecule has 0 aromatic carbocycles. The van der Waals surface area contributed by atoms with E-state index < -0.39 is 5.79 Å². The van der Waals surface area contributed by atoms with Gasteiger partial charge in [0.2, 0.25) is 0 Å². The van der Waals surface area contributed by atoms with E-state index in [0.717, 1.165) is 12.8 Å². The van der Waals surface area contributed by atoms with E-state index in [1.165, 1.54) is 12.8 Å². The molecule has 1 N–H and O–H groups in total. The average Bonchev–Trinajstić information content (AvgIpc) is 2.83. The molecule has 1 amide bonds. The molecule has 0 spiro atoms. The molecular weight excluding hydrogens is 234 g/mol. The molecule has 104 valence electrons. The zero-order chi connectivity index (χ0) is 13.2. The van der Waals surface area contributed by atoms with Crippen LogP contribution in [0.4, 0.5) is 4.79 Å². The fourth-order valence-corrected chi connectivity index (χ4v) is 2.60. The first-order chi connectivity index (χ1) is 8.52. The van der Waals surface area contributed by atoms with Crippen LogP contribution in [0, 0.1) is 0 Å². The Morgan fingerprint density at radius 2 is 2.11 bits per heavy atom. The van der Waals surface area contributed by atoms with Gasteiger partial charge >= 0.3 is 6.09 Å². The maximum absolute atomic E-state index is 11.1. The fraction of sp³-hybridized carbons (Fsp3) is 0.923. The van der Waals surface area contributed by atoms with E-state index in [1.807, 2.05) is 13.8 Å². The number of cyclic esters (lactones) is 1. The van der Waals surface area contributed by atoms with Crippen LogP contribution in [0.15, 0.2) is 0 Å². The lowest BCUT2D eigenvalue weighted by Crippen LogP contribution is -2.44. The third kappa shape index (κ3) is 3.14. The molecular formula is C13H23NO4. The Labute approximate surface area is 108 Å². The molecule has 0 radical (unpaired) electrons. The minimum atomic E-state index is -0.575. The summed E-state index contributed by atoms with van der Waals surface area (Å²) in [6.07, 6.45) is 4.04. The molecule has 2 fully saturated rings. The monoisotopic (exact) mass is 257 g/mol. The van der Waals surface area contributed by atoms with Crippen LogP contribution in [0.1, 0.15) is 46.5 Å². The first-order valence-corrected chi connectivity index (χ1v) is 6.81. The van der Waals surface area contributed by atoms with E-state index in [-0.39, 0.29) is 24.3 Å². The summed E-state index contributed by atoms with van der Waals surface area (Å²) >= 11 is 0. The van der Waals surface area contributed by atoms with Crippen LogP contribution in [0.2, 0.25) is 0 Å². The maximum Gasteiger partial charge on any atom is 0.407 e. The Bertz CT molecular complexity index is 305. The molecule has 0 aliphatic carbocycles. The second-order valence-corrected chi connectivity index (χ2v) is 5.48. The highest BCUT2D eigenvalue weighted by Gasteiger charge is 2.47. The molecule has 0 aromatic rings. The number of carbonyl (C=O) groups excluding carboxylic acids is 1. The number of carbonyl (C=O) groups is 1. The van der Waals surface area contributed by atoms with E-state index in [1.54, 1.807) is 0 Å². The number of rotatable bonds is 5. The minimum absolute atomic E-state index is 0.0403. The number of amides is 1. The number of hydrogen-bond acceptors (Lipinski definition) is 4. The van der Waals surface area contributed by atoms with E-state index in [4.69, 9.17) is 14.2 Å². The lowest BCUT2D eigenvalue weighted by Gasteiger charge is -2.21. The van der Waals surface area contributed by atoms with Gasteiger partial charge in [0.25, 0.3) is 0 Å². The molecule has 2 aliphatic heterocycles. The minimum Gasteiger partial charge on any atom is -0.447 e. The Kier molecular flexibility index (Phi) is 4.12. The van der Waals surface area contributed by atoms with Crippen molar-refractivity contribution in [3.63, 3.8) is 0 Å². The summed E-state index contributed by atoms with van der Waals surface area (Å²) in [6, 6.07) is -0.0918. The maximum atomic E-state index is 11.1. The molecule has 2 saturated heterocycles. The molecule has 0 unspecified atom stereocenters. The van der Waals surface area contributed by atoms with Gasteiger partial charge in [0, 0.05) is 0 Å². The van der Waals surface area contributed by atoms with Gasteiger partial charge in [-0.05, 0) is 20.3 Å². The van der Waals surface area contributed by atoms with E-state index in [9.17, 15) is 4.79 Å². The summed E-state index contributed by atoms with van der Waals surface area (Å²) in [4.78, 5) is 11.1. The quantitative estimate of drug-likeness (QED) is 0.767. The van der Waals surface area contributed by atoms with Gasteiger partial charge in [0.05, 0.1) is 12.1 Å². The number of nitrogens with one attached hydrogen (secondary N) is 1. The van der Waals surface area contributed by atoms with E-state index >= 15 is 0 Å². The molecule has 5 heteroatoms. The Morgan fingerprint density at radius 1 is 1.33 bits per heavy atom. The number of hydrogen-bond donors (Lipinski definition) is 1. The molecule has 18 heavy (non-hydrogen) atoms. The Balaban J connectivity index is 1.94.